The Balaban J connectivity index is 1.42. The monoisotopic (exact) mass is 420 g/mol. The number of ether oxygens (including phenoxy) is 1. The molecule has 2 fully saturated rings. The number of rotatable bonds is 4. The molecule has 5 unspecified atom stereocenters. The number of fused-ring (bicyclic) bond motifs is 5. The van der Waals surface area contributed by atoms with Crippen LogP contribution >= 0.6 is 0 Å². The number of hydrogen-bond donors (Lipinski definition) is 1. The van der Waals surface area contributed by atoms with Crippen molar-refractivity contribution in [1.29, 1.82) is 0 Å². The highest BCUT2D eigenvalue weighted by Crippen LogP contribution is 2.66. The number of nitrogens with zero attached hydrogens (tertiary/aromatic N) is 1. The van der Waals surface area contributed by atoms with Crippen molar-refractivity contribution < 1.29 is 9.53 Å². The first kappa shape index (κ1) is 20.8. The summed E-state index contributed by atoms with van der Waals surface area (Å²) in [5.41, 5.74) is 4.51. The Morgan fingerprint density at radius 2 is 2.03 bits per heavy atom. The zero-order valence-corrected chi connectivity index (χ0v) is 19.2. The van der Waals surface area contributed by atoms with Gasteiger partial charge in [0.15, 0.2) is 0 Å². The predicted molar refractivity (Wildman–Crippen MR) is 123 cm³/mol. The molecule has 5 atom stereocenters. The van der Waals surface area contributed by atoms with E-state index in [1.165, 1.54) is 42.4 Å². The Morgan fingerprint density at radius 1 is 1.16 bits per heavy atom. The van der Waals surface area contributed by atoms with Crippen molar-refractivity contribution in [2.24, 2.45) is 28.6 Å². The Morgan fingerprint density at radius 3 is 2.87 bits per heavy atom. The van der Waals surface area contributed by atoms with Crippen LogP contribution in [0.15, 0.2) is 36.2 Å². The van der Waals surface area contributed by atoms with Crippen LogP contribution in [-0.4, -0.2) is 24.0 Å². The summed E-state index contributed by atoms with van der Waals surface area (Å²) in [6.07, 6.45) is 16.3. The third-order valence-electron chi connectivity index (χ3n) is 9.06. The number of pyridine rings is 1. The highest BCUT2D eigenvalue weighted by Gasteiger charge is 2.56. The lowest BCUT2D eigenvalue weighted by Gasteiger charge is -2.57. The lowest BCUT2D eigenvalue weighted by molar-refractivity contribution is -0.116. The second-order valence-electron chi connectivity index (χ2n) is 10.6. The van der Waals surface area contributed by atoms with Gasteiger partial charge in [0.1, 0.15) is 5.75 Å². The highest BCUT2D eigenvalue weighted by atomic mass is 16.5. The number of aromatic nitrogens is 1. The third-order valence-corrected chi connectivity index (χ3v) is 9.06. The summed E-state index contributed by atoms with van der Waals surface area (Å²) in [6.45, 7) is 8.62. The van der Waals surface area contributed by atoms with Gasteiger partial charge in [-0.1, -0.05) is 32.4 Å². The van der Waals surface area contributed by atoms with Crippen molar-refractivity contribution >= 4 is 11.5 Å². The molecule has 1 N–H and O–H groups in total. The van der Waals surface area contributed by atoms with Crippen LogP contribution in [0.5, 0.6) is 5.75 Å². The first-order chi connectivity index (χ1) is 15.0. The molecule has 0 aromatic carbocycles. The van der Waals surface area contributed by atoms with Crippen molar-refractivity contribution in [2.75, 3.05) is 13.2 Å². The van der Waals surface area contributed by atoms with Gasteiger partial charge in [0.2, 0.25) is 5.91 Å². The predicted octanol–water partition coefficient (Wildman–Crippen LogP) is 5.55. The summed E-state index contributed by atoms with van der Waals surface area (Å²) in [4.78, 5) is 16.7. The van der Waals surface area contributed by atoms with E-state index in [1.54, 1.807) is 0 Å². The maximum Gasteiger partial charge on any atom is 0.243 e. The minimum Gasteiger partial charge on any atom is -0.492 e. The smallest absolute Gasteiger partial charge is 0.243 e. The van der Waals surface area contributed by atoms with Crippen molar-refractivity contribution in [2.45, 2.75) is 65.7 Å². The minimum absolute atomic E-state index is 0.111. The molecule has 0 bridgehead atoms. The van der Waals surface area contributed by atoms with Gasteiger partial charge in [0.25, 0.3) is 0 Å². The van der Waals surface area contributed by atoms with E-state index in [4.69, 9.17) is 4.74 Å². The first-order valence-electron chi connectivity index (χ1n) is 12.2. The van der Waals surface area contributed by atoms with Gasteiger partial charge in [-0.2, -0.15) is 0 Å². The van der Waals surface area contributed by atoms with Crippen LogP contribution in [0.25, 0.3) is 5.57 Å². The van der Waals surface area contributed by atoms with Gasteiger partial charge in [-0.05, 0) is 90.7 Å². The van der Waals surface area contributed by atoms with Gasteiger partial charge in [0.05, 0.1) is 12.8 Å². The quantitative estimate of drug-likeness (QED) is 0.694. The molecule has 4 nitrogen and oxygen atoms in total. The van der Waals surface area contributed by atoms with Crippen molar-refractivity contribution in [1.82, 2.24) is 10.3 Å². The number of nitrogens with one attached hydrogen (secondary N) is 1. The number of carbonyl (C=O) groups excluding carboxylic acids is 1. The number of amides is 1. The minimum atomic E-state index is 0.111. The number of hydrogen-bond acceptors (Lipinski definition) is 3. The largest absolute Gasteiger partial charge is 0.492 e. The molecule has 0 spiro atoms. The molecule has 2 heterocycles. The summed E-state index contributed by atoms with van der Waals surface area (Å²) in [5, 5.41) is 3.08. The topological polar surface area (TPSA) is 51.2 Å². The van der Waals surface area contributed by atoms with Crippen LogP contribution in [0.2, 0.25) is 0 Å². The first-order valence-corrected chi connectivity index (χ1v) is 12.2. The van der Waals surface area contributed by atoms with Crippen LogP contribution < -0.4 is 10.1 Å². The maximum atomic E-state index is 12.2. The van der Waals surface area contributed by atoms with E-state index in [-0.39, 0.29) is 16.7 Å². The summed E-state index contributed by atoms with van der Waals surface area (Å²) < 4.78 is 5.87. The van der Waals surface area contributed by atoms with Gasteiger partial charge in [-0.3, -0.25) is 9.78 Å². The molecular weight excluding hydrogens is 384 g/mol. The summed E-state index contributed by atoms with van der Waals surface area (Å²) in [5.74, 6) is 3.10. The average Bonchev–Trinajstić information content (AvgIpc) is 3.03. The van der Waals surface area contributed by atoms with E-state index in [0.29, 0.717) is 11.8 Å². The molecule has 4 aliphatic rings. The lowest BCUT2D eigenvalue weighted by atomic mass is 9.47. The molecule has 2 saturated carbocycles. The van der Waals surface area contributed by atoms with E-state index < -0.39 is 0 Å². The second kappa shape index (κ2) is 7.79. The van der Waals surface area contributed by atoms with Crippen molar-refractivity contribution in [3.05, 3.63) is 41.7 Å². The van der Waals surface area contributed by atoms with Crippen molar-refractivity contribution in [3.63, 3.8) is 0 Å². The van der Waals surface area contributed by atoms with Gasteiger partial charge < -0.3 is 10.1 Å². The second-order valence-corrected chi connectivity index (χ2v) is 10.6. The van der Waals surface area contributed by atoms with Crippen LogP contribution in [0.3, 0.4) is 0 Å². The van der Waals surface area contributed by atoms with Crippen LogP contribution in [0.1, 0.15) is 71.3 Å². The van der Waals surface area contributed by atoms with Crippen LogP contribution in [0.4, 0.5) is 0 Å². The molecule has 1 aliphatic heterocycles. The maximum absolute atomic E-state index is 12.2. The Hall–Kier alpha value is -2.10. The Kier molecular flexibility index (Phi) is 5.22. The van der Waals surface area contributed by atoms with E-state index in [9.17, 15) is 4.79 Å². The lowest BCUT2D eigenvalue weighted by Crippen LogP contribution is -2.49. The molecule has 0 radical (unpaired) electrons. The van der Waals surface area contributed by atoms with E-state index in [0.717, 1.165) is 44.1 Å². The molecule has 3 aliphatic carbocycles. The van der Waals surface area contributed by atoms with Gasteiger partial charge in [0, 0.05) is 18.8 Å². The SMILES string of the molecule is CCCOc1cncc(C2=CCC3C4CCC5=CC(=O)NCCC5(C)C4CCC23C)c1. The fourth-order valence-corrected chi connectivity index (χ4v) is 7.44. The molecule has 5 rings (SSSR count). The van der Waals surface area contributed by atoms with Gasteiger partial charge >= 0.3 is 0 Å². The van der Waals surface area contributed by atoms with E-state index in [2.05, 4.69) is 43.2 Å². The normalized spacial score (nSPS) is 36.9. The fraction of sp³-hybridized carbons (Fsp3) is 0.630. The van der Waals surface area contributed by atoms with Crippen LogP contribution in [0, 0.1) is 28.6 Å². The molecule has 1 amide bonds. The average molecular weight is 421 g/mol. The molecule has 1 aromatic heterocycles. The molecule has 1 aromatic rings. The summed E-state index contributed by atoms with van der Waals surface area (Å²) in [7, 11) is 0. The summed E-state index contributed by atoms with van der Waals surface area (Å²) >= 11 is 0. The van der Waals surface area contributed by atoms with Gasteiger partial charge in [-0.15, -0.1) is 0 Å². The summed E-state index contributed by atoms with van der Waals surface area (Å²) in [6, 6.07) is 2.19. The fourth-order valence-electron chi connectivity index (χ4n) is 7.44. The standard InChI is InChI=1S/C27H36N2O2/c1-4-13-31-20-14-18(16-28-17-20)22-7-8-23-21-6-5-19-15-25(30)29-12-11-26(19,2)24(21)9-10-27(22,23)3/h7,14-17,21,23-24H,4-6,8-13H2,1-3H3,(H,29,30). The van der Waals surface area contributed by atoms with Crippen LogP contribution in [-0.2, 0) is 4.79 Å². The number of allylic oxidation sites excluding steroid dienone is 3. The van der Waals surface area contributed by atoms with Crippen molar-refractivity contribution in [3.8, 4) is 5.75 Å². The van der Waals surface area contributed by atoms with Gasteiger partial charge in [-0.25, -0.2) is 0 Å². The molecule has 31 heavy (non-hydrogen) atoms. The molecule has 0 saturated heterocycles. The molecule has 166 valence electrons. The third kappa shape index (κ3) is 3.34. The van der Waals surface area contributed by atoms with E-state index >= 15 is 0 Å². The zero-order valence-electron chi connectivity index (χ0n) is 19.2. The highest BCUT2D eigenvalue weighted by molar-refractivity contribution is 5.88. The zero-order chi connectivity index (χ0) is 21.6. The molecular formula is C27H36N2O2. The number of carbonyl (C=O) groups is 1. The Labute approximate surface area is 186 Å². The van der Waals surface area contributed by atoms with E-state index in [1.807, 2.05) is 18.5 Å². The Bertz CT molecular complexity index is 935. The molecule has 4 heteroatoms.